The molecule has 0 bridgehead atoms. The van der Waals surface area contributed by atoms with E-state index in [0.717, 1.165) is 45.0 Å². The summed E-state index contributed by atoms with van der Waals surface area (Å²) in [4.78, 5) is 0. The van der Waals surface area contributed by atoms with Gasteiger partial charge in [0.2, 0.25) is 0 Å². The number of aromatic nitrogens is 8. The molecule has 8 rings (SSSR count). The Morgan fingerprint density at radius 3 is 0.739 bits per heavy atom. The Labute approximate surface area is 286 Å². The molecule has 0 aliphatic rings. The summed E-state index contributed by atoms with van der Waals surface area (Å²) in [6.07, 6.45) is 7.94. The second-order valence-electron chi connectivity index (χ2n) is 10.9. The molecule has 4 heterocycles. The van der Waals surface area contributed by atoms with Crippen molar-refractivity contribution in [3.63, 3.8) is 0 Å². The molecule has 0 amide bonds. The van der Waals surface area contributed by atoms with Crippen LogP contribution in [0, 0.1) is 0 Å². The van der Waals surface area contributed by atoms with Gasteiger partial charge in [-0.1, -0.05) is 121 Å². The van der Waals surface area contributed by atoms with Gasteiger partial charge in [0.05, 0.1) is 22.8 Å². The van der Waals surface area contributed by atoms with Crippen molar-refractivity contribution in [2.75, 3.05) is 0 Å². The van der Waals surface area contributed by atoms with Crippen LogP contribution >= 0.6 is 0 Å². The molecule has 0 atom stereocenters. The van der Waals surface area contributed by atoms with Crippen LogP contribution in [0.4, 0.5) is 0 Å². The van der Waals surface area contributed by atoms with Gasteiger partial charge in [-0.25, -0.2) is 20.4 Å². The Hall–Kier alpha value is -5.29. The Bertz CT molecular complexity index is 1850. The Kier molecular flexibility index (Phi) is 8.06. The van der Waals surface area contributed by atoms with E-state index in [2.05, 4.69) is 48.5 Å². The SMILES string of the molecule is [Tl+].c1ccc(-c2ccn([B-](n3ccc(-c4ccccc4)n3)(n3ccc(-c4ccccc4)n3)n3ccc(-c4ccccc4)n3)n2)cc1. The molecular weight excluding hydrogens is 760 g/mol. The van der Waals surface area contributed by atoms with Gasteiger partial charge in [-0.2, -0.15) is 0 Å². The van der Waals surface area contributed by atoms with E-state index >= 15 is 0 Å². The van der Waals surface area contributed by atoms with Crippen LogP contribution in [-0.4, -0.2) is 72.8 Å². The van der Waals surface area contributed by atoms with Gasteiger partial charge in [-0.05, 0) is 49.1 Å². The average Bonchev–Trinajstić information content (AvgIpc) is 3.96. The first-order chi connectivity index (χ1) is 22.3. The van der Waals surface area contributed by atoms with Crippen LogP contribution < -0.4 is 0 Å². The molecule has 8 nitrogen and oxygen atoms in total. The first-order valence-corrected chi connectivity index (χ1v) is 14.9. The van der Waals surface area contributed by atoms with Gasteiger partial charge in [-0.3, -0.25) is 0 Å². The zero-order valence-corrected chi connectivity index (χ0v) is 29.4. The molecule has 0 N–H and O–H groups in total. The van der Waals surface area contributed by atoms with E-state index in [-0.39, 0.29) is 27.3 Å². The molecule has 4 aromatic carbocycles. The third-order valence-electron chi connectivity index (χ3n) is 8.13. The largest absolute Gasteiger partial charge is 1.00 e. The van der Waals surface area contributed by atoms with Crippen molar-refractivity contribution in [3.05, 3.63) is 170 Å². The monoisotopic (exact) mass is 788 g/mol. The number of rotatable bonds is 8. The van der Waals surface area contributed by atoms with Crippen LogP contribution in [0.25, 0.3) is 45.0 Å². The molecule has 4 aromatic heterocycles. The van der Waals surface area contributed by atoms with Crippen molar-refractivity contribution in [1.82, 2.24) is 38.8 Å². The van der Waals surface area contributed by atoms with Gasteiger partial charge in [0.1, 0.15) is 0 Å². The summed E-state index contributed by atoms with van der Waals surface area (Å²) in [6, 6.07) is 48.8. The van der Waals surface area contributed by atoms with Crippen molar-refractivity contribution < 1.29 is 0 Å². The van der Waals surface area contributed by atoms with Crippen LogP contribution in [0.15, 0.2) is 170 Å². The van der Waals surface area contributed by atoms with Crippen molar-refractivity contribution in [2.45, 2.75) is 0 Å². The fourth-order valence-electron chi connectivity index (χ4n) is 5.90. The van der Waals surface area contributed by atoms with E-state index in [1.54, 1.807) is 0 Å². The molecule has 0 aliphatic heterocycles. The molecule has 8 aromatic rings. The van der Waals surface area contributed by atoms with Crippen LogP contribution in [0.5, 0.6) is 0 Å². The van der Waals surface area contributed by atoms with E-state index in [1.165, 1.54) is 0 Å². The summed E-state index contributed by atoms with van der Waals surface area (Å²) in [7, 11) is 0. The van der Waals surface area contributed by atoms with Crippen molar-refractivity contribution >= 4 is 34.0 Å². The first kappa shape index (κ1) is 29.4. The summed E-state index contributed by atoms with van der Waals surface area (Å²) >= 11 is 0. The first-order valence-electron chi connectivity index (χ1n) is 14.9. The van der Waals surface area contributed by atoms with Crippen LogP contribution in [0.3, 0.4) is 0 Å². The second-order valence-corrected chi connectivity index (χ2v) is 10.9. The topological polar surface area (TPSA) is 71.3 Å². The molecule has 0 saturated carbocycles. The third-order valence-corrected chi connectivity index (χ3v) is 8.13. The Morgan fingerprint density at radius 1 is 0.304 bits per heavy atom. The van der Waals surface area contributed by atoms with Crippen molar-refractivity contribution in [3.8, 4) is 45.0 Å². The van der Waals surface area contributed by atoms with Crippen LogP contribution in [0.1, 0.15) is 0 Å². The van der Waals surface area contributed by atoms with Gasteiger partial charge in [0, 0.05) is 22.3 Å². The molecule has 218 valence electrons. The zero-order chi connectivity index (χ0) is 30.1. The molecule has 0 fully saturated rings. The second kappa shape index (κ2) is 12.6. The van der Waals surface area contributed by atoms with Gasteiger partial charge in [0.25, 0.3) is 0 Å². The van der Waals surface area contributed by atoms with Gasteiger partial charge < -0.3 is 18.4 Å². The maximum Gasteiger partial charge on any atom is 1.00 e. The van der Waals surface area contributed by atoms with E-state index in [0.29, 0.717) is 0 Å². The summed E-state index contributed by atoms with van der Waals surface area (Å²) < 4.78 is 7.75. The molecule has 0 unspecified atom stereocenters. The normalized spacial score (nSPS) is 11.3. The summed E-state index contributed by atoms with van der Waals surface area (Å²) in [5.74, 6) is 0. The van der Waals surface area contributed by atoms with Crippen molar-refractivity contribution in [1.29, 1.82) is 0 Å². The van der Waals surface area contributed by atoms with E-state index in [4.69, 9.17) is 20.4 Å². The zero-order valence-electron chi connectivity index (χ0n) is 24.9. The standard InChI is InChI=1S/C36H28BN8.Tl/c1-5-13-29(14-6-1)33-21-25-42(38-33)37(43-26-22-34(39-43)30-15-7-2-8-16-30,44-27-23-35(40-44)31-17-9-3-10-18-31)45-28-24-36(41-45)32-19-11-4-12-20-32;/h1-28H;/q-1;+1. The molecule has 10 heteroatoms. The summed E-state index contributed by atoms with van der Waals surface area (Å²) in [5, 5.41) is 20.8. The Balaban J connectivity index is 0.00000338. The number of nitrogens with zero attached hydrogens (tertiary/aromatic N) is 8. The van der Waals surface area contributed by atoms with E-state index in [9.17, 15) is 0 Å². The molecule has 0 radical (unpaired) electrons. The van der Waals surface area contributed by atoms with Crippen LogP contribution in [-0.2, 0) is 0 Å². The molecule has 46 heavy (non-hydrogen) atoms. The van der Waals surface area contributed by atoms with Gasteiger partial charge >= 0.3 is 34.0 Å². The quantitative estimate of drug-likeness (QED) is 0.161. The average molecular weight is 788 g/mol. The number of benzene rings is 4. The molecular formula is C36H28BN8Tl. The third kappa shape index (κ3) is 5.22. The number of hydrogen-bond donors (Lipinski definition) is 0. The van der Waals surface area contributed by atoms with Gasteiger partial charge in [-0.15, -0.1) is 0 Å². The smallest absolute Gasteiger partial charge is 0.379 e. The molecule has 0 saturated heterocycles. The minimum Gasteiger partial charge on any atom is -0.379 e. The Morgan fingerprint density at radius 2 is 0.522 bits per heavy atom. The predicted octanol–water partition coefficient (Wildman–Crippen LogP) is 6.69. The minimum atomic E-state index is -2.30. The maximum atomic E-state index is 5.19. The summed E-state index contributed by atoms with van der Waals surface area (Å²) in [6.45, 7) is -2.30. The fraction of sp³-hybridized carbons (Fsp3) is 0. The van der Waals surface area contributed by atoms with Crippen molar-refractivity contribution in [2.24, 2.45) is 0 Å². The fourth-order valence-corrected chi connectivity index (χ4v) is 5.90. The maximum absolute atomic E-state index is 5.19. The number of hydrogen-bond acceptors (Lipinski definition) is 4. The minimum absolute atomic E-state index is 0. The molecule has 0 spiro atoms. The van der Waals surface area contributed by atoms with E-state index < -0.39 is 6.69 Å². The summed E-state index contributed by atoms with van der Waals surface area (Å²) in [5.41, 5.74) is 7.41. The van der Waals surface area contributed by atoms with Crippen LogP contribution in [0.2, 0.25) is 0 Å². The van der Waals surface area contributed by atoms with Gasteiger partial charge in [0.15, 0.2) is 0 Å². The predicted molar refractivity (Wildman–Crippen MR) is 184 cm³/mol. The molecule has 0 aliphatic carbocycles. The van der Waals surface area contributed by atoms with E-state index in [1.807, 2.05) is 140 Å².